The molecule has 0 aliphatic heterocycles. The van der Waals surface area contributed by atoms with Crippen molar-refractivity contribution in [2.24, 2.45) is 0 Å². The second-order valence-electron chi connectivity index (χ2n) is 3.50. The van der Waals surface area contributed by atoms with Gasteiger partial charge in [0.05, 0.1) is 0 Å². The zero-order valence-electron chi connectivity index (χ0n) is 10.4. The fourth-order valence-electron chi connectivity index (χ4n) is 1.70. The molecule has 1 aromatic rings. The maximum Gasteiger partial charge on any atom is 0.536 e. The lowest BCUT2D eigenvalue weighted by Gasteiger charge is -2.25. The van der Waals surface area contributed by atoms with Gasteiger partial charge in [-0.25, -0.2) is 0 Å². The highest BCUT2D eigenvalue weighted by molar-refractivity contribution is 6.75. The summed E-state index contributed by atoms with van der Waals surface area (Å²) in [6.45, 7) is 3.66. The molecule has 0 unspecified atom stereocenters. The molecule has 1 aromatic carbocycles. The lowest BCUT2D eigenvalue weighted by Crippen LogP contribution is -2.54. The normalized spacial score (nSPS) is 11.5. The van der Waals surface area contributed by atoms with E-state index in [4.69, 9.17) is 13.3 Å². The van der Waals surface area contributed by atoms with Crippen molar-refractivity contribution in [1.29, 1.82) is 0 Å². The van der Waals surface area contributed by atoms with Crippen molar-refractivity contribution in [3.63, 3.8) is 0 Å². The molecule has 0 saturated carbocycles. The first-order chi connectivity index (χ1) is 8.13. The summed E-state index contributed by atoms with van der Waals surface area (Å²) in [4.78, 5) is 0. The second-order valence-corrected chi connectivity index (χ2v) is 6.42. The summed E-state index contributed by atoms with van der Waals surface area (Å²) < 4.78 is 16.1. The lowest BCUT2D eigenvalue weighted by molar-refractivity contribution is 0.140. The van der Waals surface area contributed by atoms with Crippen LogP contribution in [-0.2, 0) is 19.7 Å². The molecule has 0 spiro atoms. The fourth-order valence-corrected chi connectivity index (χ4v) is 3.54. The van der Waals surface area contributed by atoms with E-state index >= 15 is 0 Å². The Hall–Kier alpha value is -1.14. The van der Waals surface area contributed by atoms with Crippen LogP contribution in [0.1, 0.15) is 5.56 Å². The first-order valence-corrected chi connectivity index (χ1v) is 6.94. The summed E-state index contributed by atoms with van der Waals surface area (Å²) in [6, 6.07) is 5.21. The van der Waals surface area contributed by atoms with Crippen molar-refractivity contribution < 1.29 is 18.4 Å². The maximum atomic E-state index is 9.70. The van der Waals surface area contributed by atoms with Gasteiger partial charge in [-0.3, -0.25) is 0 Å². The van der Waals surface area contributed by atoms with E-state index in [0.29, 0.717) is 6.42 Å². The Balaban J connectivity index is 3.21. The van der Waals surface area contributed by atoms with E-state index in [0.717, 1.165) is 10.8 Å². The molecule has 0 radical (unpaired) electrons. The summed E-state index contributed by atoms with van der Waals surface area (Å²) in [5, 5.41) is 10.5. The molecule has 1 rings (SSSR count). The molecule has 0 amide bonds. The highest BCUT2D eigenvalue weighted by Gasteiger charge is 2.40. The SMILES string of the molecule is C=CCc1cc([Si](OC)(OC)OC)ccc1O. The van der Waals surface area contributed by atoms with Gasteiger partial charge in [0.1, 0.15) is 5.75 Å². The first-order valence-electron chi connectivity index (χ1n) is 5.22. The number of hydrogen-bond acceptors (Lipinski definition) is 4. The third-order valence-corrected chi connectivity index (χ3v) is 5.23. The van der Waals surface area contributed by atoms with Crippen molar-refractivity contribution in [1.82, 2.24) is 0 Å². The maximum absolute atomic E-state index is 9.70. The van der Waals surface area contributed by atoms with E-state index in [-0.39, 0.29) is 5.75 Å². The molecule has 1 N–H and O–H groups in total. The van der Waals surface area contributed by atoms with Gasteiger partial charge in [-0.1, -0.05) is 12.1 Å². The number of rotatable bonds is 6. The van der Waals surface area contributed by atoms with Crippen molar-refractivity contribution >= 4 is 14.0 Å². The largest absolute Gasteiger partial charge is 0.536 e. The van der Waals surface area contributed by atoms with Crippen LogP contribution >= 0.6 is 0 Å². The Labute approximate surface area is 103 Å². The molecule has 0 heterocycles. The van der Waals surface area contributed by atoms with E-state index in [1.54, 1.807) is 39.5 Å². The van der Waals surface area contributed by atoms with Crippen molar-refractivity contribution in [3.8, 4) is 5.75 Å². The van der Waals surface area contributed by atoms with E-state index in [1.807, 2.05) is 6.07 Å². The van der Waals surface area contributed by atoms with E-state index in [9.17, 15) is 5.11 Å². The van der Waals surface area contributed by atoms with Crippen LogP contribution in [0.3, 0.4) is 0 Å². The summed E-state index contributed by atoms with van der Waals surface area (Å²) in [5.41, 5.74) is 0.778. The number of phenolic OH excluding ortho intramolecular Hbond substituents is 1. The fraction of sp³-hybridized carbons (Fsp3) is 0.333. The van der Waals surface area contributed by atoms with Gasteiger partial charge in [0.25, 0.3) is 0 Å². The number of allylic oxidation sites excluding steroid dienone is 1. The van der Waals surface area contributed by atoms with Crippen molar-refractivity contribution in [3.05, 3.63) is 36.4 Å². The standard InChI is InChI=1S/C12H18O4Si/c1-5-6-10-9-11(7-8-12(10)13)17(14-2,15-3)16-4/h5,7-9,13H,1,6H2,2-4H3. The smallest absolute Gasteiger partial charge is 0.508 e. The van der Waals surface area contributed by atoms with E-state index in [1.165, 1.54) is 0 Å². The predicted octanol–water partition coefficient (Wildman–Crippen LogP) is 1.21. The minimum atomic E-state index is -2.82. The number of benzene rings is 1. The van der Waals surface area contributed by atoms with Crippen LogP contribution < -0.4 is 5.19 Å². The Morgan fingerprint density at radius 3 is 2.29 bits per heavy atom. The van der Waals surface area contributed by atoms with Crippen LogP contribution in [-0.4, -0.2) is 35.2 Å². The molecule has 0 fully saturated rings. The predicted molar refractivity (Wildman–Crippen MR) is 68.4 cm³/mol. The minimum Gasteiger partial charge on any atom is -0.508 e. The summed E-state index contributed by atoms with van der Waals surface area (Å²) in [7, 11) is 1.84. The average Bonchev–Trinajstić information content (AvgIpc) is 2.36. The van der Waals surface area contributed by atoms with Gasteiger partial charge in [-0.15, -0.1) is 6.58 Å². The van der Waals surface area contributed by atoms with Gasteiger partial charge >= 0.3 is 8.80 Å². The number of phenols is 1. The van der Waals surface area contributed by atoms with E-state index in [2.05, 4.69) is 6.58 Å². The highest BCUT2D eigenvalue weighted by Crippen LogP contribution is 2.18. The van der Waals surface area contributed by atoms with E-state index < -0.39 is 8.80 Å². The molecule has 0 aliphatic rings. The molecule has 4 nitrogen and oxygen atoms in total. The molecule has 0 atom stereocenters. The van der Waals surface area contributed by atoms with Crippen molar-refractivity contribution in [2.45, 2.75) is 6.42 Å². The van der Waals surface area contributed by atoms with Crippen LogP contribution in [0, 0.1) is 0 Å². The monoisotopic (exact) mass is 254 g/mol. The zero-order chi connectivity index (χ0) is 12.9. The van der Waals surface area contributed by atoms with Crippen LogP contribution in [0.4, 0.5) is 0 Å². The van der Waals surface area contributed by atoms with Crippen molar-refractivity contribution in [2.75, 3.05) is 21.3 Å². The summed E-state index contributed by atoms with van der Waals surface area (Å²) >= 11 is 0. The molecule has 17 heavy (non-hydrogen) atoms. The Morgan fingerprint density at radius 1 is 1.24 bits per heavy atom. The third kappa shape index (κ3) is 2.75. The van der Waals surface area contributed by atoms with Crippen LogP contribution in [0.15, 0.2) is 30.9 Å². The minimum absolute atomic E-state index is 0.236. The highest BCUT2D eigenvalue weighted by atomic mass is 28.4. The van der Waals surface area contributed by atoms with Crippen LogP contribution in [0.2, 0.25) is 0 Å². The molecule has 0 saturated heterocycles. The molecule has 5 heteroatoms. The first kappa shape index (κ1) is 13.9. The zero-order valence-corrected chi connectivity index (χ0v) is 11.4. The Morgan fingerprint density at radius 2 is 1.82 bits per heavy atom. The van der Waals surface area contributed by atoms with Gasteiger partial charge in [0.15, 0.2) is 0 Å². The second kappa shape index (κ2) is 5.97. The van der Waals surface area contributed by atoms with Gasteiger partial charge in [0, 0.05) is 26.5 Å². The third-order valence-electron chi connectivity index (χ3n) is 2.60. The van der Waals surface area contributed by atoms with Gasteiger partial charge in [-0.2, -0.15) is 0 Å². The Kier molecular flexibility index (Phi) is 4.89. The molecule has 0 aliphatic carbocycles. The number of hydrogen-bond donors (Lipinski definition) is 1. The lowest BCUT2D eigenvalue weighted by atomic mass is 10.1. The number of aromatic hydroxyl groups is 1. The Bertz CT molecular complexity index is 380. The average molecular weight is 254 g/mol. The molecule has 0 bridgehead atoms. The summed E-state index contributed by atoms with van der Waals surface area (Å²) in [5.74, 6) is 0.236. The molecule has 0 aromatic heterocycles. The van der Waals surface area contributed by atoms with Crippen LogP contribution in [0.25, 0.3) is 0 Å². The summed E-state index contributed by atoms with van der Waals surface area (Å²) in [6.07, 6.45) is 2.32. The molecule has 94 valence electrons. The van der Waals surface area contributed by atoms with Gasteiger partial charge < -0.3 is 18.4 Å². The van der Waals surface area contributed by atoms with Gasteiger partial charge in [-0.05, 0) is 24.1 Å². The topological polar surface area (TPSA) is 47.9 Å². The van der Waals surface area contributed by atoms with Gasteiger partial charge in [0.2, 0.25) is 0 Å². The quantitative estimate of drug-likeness (QED) is 0.612. The molecular weight excluding hydrogens is 236 g/mol. The molecular formula is C12H18O4Si. The van der Waals surface area contributed by atoms with Crippen LogP contribution in [0.5, 0.6) is 5.75 Å².